The maximum absolute atomic E-state index is 13.3. The summed E-state index contributed by atoms with van der Waals surface area (Å²) in [5.41, 5.74) is 1.22. The van der Waals surface area contributed by atoms with Gasteiger partial charge >= 0.3 is 0 Å². The van der Waals surface area contributed by atoms with E-state index in [0.717, 1.165) is 45.2 Å². The summed E-state index contributed by atoms with van der Waals surface area (Å²) in [5, 5.41) is 2.17. The van der Waals surface area contributed by atoms with Crippen molar-refractivity contribution in [3.05, 3.63) is 58.3 Å². The lowest BCUT2D eigenvalue weighted by Gasteiger charge is -2.47. The molecule has 1 saturated heterocycles. The number of carbonyl (C=O) groups is 1. The minimum atomic E-state index is -0.119. The molecule has 1 aromatic heterocycles. The van der Waals surface area contributed by atoms with Gasteiger partial charge in [0.05, 0.1) is 11.0 Å². The highest BCUT2D eigenvalue weighted by atomic mass is 32.1. The fraction of sp³-hybridized carbons (Fsp3) is 0.500. The standard InChI is InChI=1S/C22H28N2OS/c1-23(2)22(19-9-6-16-26-19)12-10-21(11-13-22)14-15-24(20(21)25)17-18-7-4-3-5-8-18/h3-9,16H,10-15,17H2,1-2H3. The van der Waals surface area contributed by atoms with Crippen molar-refractivity contribution in [2.75, 3.05) is 20.6 Å². The van der Waals surface area contributed by atoms with Crippen LogP contribution in [0.1, 0.15) is 42.5 Å². The van der Waals surface area contributed by atoms with E-state index in [1.165, 1.54) is 10.4 Å². The van der Waals surface area contributed by atoms with Crippen molar-refractivity contribution in [1.82, 2.24) is 9.80 Å². The van der Waals surface area contributed by atoms with Crippen molar-refractivity contribution in [2.24, 2.45) is 5.41 Å². The number of hydrogen-bond acceptors (Lipinski definition) is 3. The van der Waals surface area contributed by atoms with Crippen LogP contribution >= 0.6 is 11.3 Å². The molecule has 2 fully saturated rings. The van der Waals surface area contributed by atoms with E-state index in [1.807, 2.05) is 17.4 Å². The van der Waals surface area contributed by atoms with Crippen molar-refractivity contribution in [2.45, 2.75) is 44.2 Å². The largest absolute Gasteiger partial charge is 0.338 e. The third-order valence-corrected chi connectivity index (χ3v) is 7.75. The summed E-state index contributed by atoms with van der Waals surface area (Å²) in [4.78, 5) is 19.2. The van der Waals surface area contributed by atoms with Crippen LogP contribution in [0.25, 0.3) is 0 Å². The molecular weight excluding hydrogens is 340 g/mol. The first-order chi connectivity index (χ1) is 12.6. The fourth-order valence-electron chi connectivity index (χ4n) is 4.91. The molecule has 4 heteroatoms. The van der Waals surface area contributed by atoms with Gasteiger partial charge in [-0.3, -0.25) is 9.69 Å². The molecule has 0 unspecified atom stereocenters. The van der Waals surface area contributed by atoms with Crippen LogP contribution in [-0.2, 0) is 16.9 Å². The molecule has 2 aromatic rings. The second-order valence-electron chi connectivity index (χ2n) is 8.15. The van der Waals surface area contributed by atoms with Gasteiger partial charge in [-0.05, 0) is 63.2 Å². The monoisotopic (exact) mass is 368 g/mol. The third kappa shape index (κ3) is 2.89. The molecule has 26 heavy (non-hydrogen) atoms. The van der Waals surface area contributed by atoms with Crippen LogP contribution in [0, 0.1) is 5.41 Å². The van der Waals surface area contributed by atoms with Crippen molar-refractivity contribution >= 4 is 17.2 Å². The number of hydrogen-bond donors (Lipinski definition) is 0. The first-order valence-corrected chi connectivity index (χ1v) is 10.5. The molecule has 138 valence electrons. The topological polar surface area (TPSA) is 23.6 Å². The summed E-state index contributed by atoms with van der Waals surface area (Å²) in [6.07, 6.45) is 5.18. The Labute approximate surface area is 160 Å². The molecule has 4 rings (SSSR count). The van der Waals surface area contributed by atoms with Gasteiger partial charge in [-0.2, -0.15) is 0 Å². The van der Waals surface area contributed by atoms with E-state index in [2.05, 4.69) is 65.7 Å². The molecular formula is C22H28N2OS. The van der Waals surface area contributed by atoms with Crippen LogP contribution in [0.15, 0.2) is 47.8 Å². The number of likely N-dealkylation sites (tertiary alicyclic amines) is 1. The molecule has 1 spiro atoms. The van der Waals surface area contributed by atoms with Crippen molar-refractivity contribution in [1.29, 1.82) is 0 Å². The molecule has 1 aromatic carbocycles. The Morgan fingerprint density at radius 3 is 2.35 bits per heavy atom. The van der Waals surface area contributed by atoms with Gasteiger partial charge in [0.1, 0.15) is 0 Å². The third-order valence-electron chi connectivity index (χ3n) is 6.69. The summed E-state index contributed by atoms with van der Waals surface area (Å²) in [7, 11) is 4.38. The van der Waals surface area contributed by atoms with E-state index in [4.69, 9.17) is 0 Å². The number of amides is 1. The number of thiophene rings is 1. The lowest BCUT2D eigenvalue weighted by Crippen LogP contribution is -2.48. The van der Waals surface area contributed by atoms with Crippen LogP contribution in [0.5, 0.6) is 0 Å². The molecule has 1 amide bonds. The van der Waals surface area contributed by atoms with Gasteiger partial charge < -0.3 is 4.90 Å². The molecule has 0 bridgehead atoms. The first kappa shape index (κ1) is 17.7. The van der Waals surface area contributed by atoms with Gasteiger partial charge in [0, 0.05) is 18.0 Å². The maximum Gasteiger partial charge on any atom is 0.229 e. The lowest BCUT2D eigenvalue weighted by atomic mass is 9.65. The van der Waals surface area contributed by atoms with Crippen LogP contribution in [0.2, 0.25) is 0 Å². The zero-order chi connectivity index (χ0) is 18.2. The number of nitrogens with zero attached hydrogens (tertiary/aromatic N) is 2. The smallest absolute Gasteiger partial charge is 0.229 e. The second kappa shape index (κ2) is 6.82. The molecule has 1 saturated carbocycles. The molecule has 1 aliphatic heterocycles. The molecule has 0 radical (unpaired) electrons. The van der Waals surface area contributed by atoms with Crippen LogP contribution in [0.4, 0.5) is 0 Å². The van der Waals surface area contributed by atoms with Gasteiger partial charge in [-0.1, -0.05) is 36.4 Å². The van der Waals surface area contributed by atoms with E-state index < -0.39 is 0 Å². The molecule has 2 heterocycles. The quantitative estimate of drug-likeness (QED) is 0.793. The Balaban J connectivity index is 1.49. The van der Waals surface area contributed by atoms with Crippen LogP contribution in [0.3, 0.4) is 0 Å². The lowest BCUT2D eigenvalue weighted by molar-refractivity contribution is -0.139. The number of carbonyl (C=O) groups excluding carboxylic acids is 1. The summed E-state index contributed by atoms with van der Waals surface area (Å²) < 4.78 is 0. The van der Waals surface area contributed by atoms with E-state index in [9.17, 15) is 4.79 Å². The predicted molar refractivity (Wildman–Crippen MR) is 107 cm³/mol. The summed E-state index contributed by atoms with van der Waals surface area (Å²) in [6, 6.07) is 14.8. The van der Waals surface area contributed by atoms with E-state index >= 15 is 0 Å². The van der Waals surface area contributed by atoms with Crippen molar-refractivity contribution < 1.29 is 4.79 Å². The molecule has 0 atom stereocenters. The second-order valence-corrected chi connectivity index (χ2v) is 9.09. The Hall–Kier alpha value is -1.65. The summed E-state index contributed by atoms with van der Waals surface area (Å²) in [6.45, 7) is 1.66. The molecule has 1 aliphatic carbocycles. The Morgan fingerprint density at radius 2 is 1.73 bits per heavy atom. The zero-order valence-corrected chi connectivity index (χ0v) is 16.6. The van der Waals surface area contributed by atoms with E-state index in [-0.39, 0.29) is 11.0 Å². The van der Waals surface area contributed by atoms with Crippen LogP contribution in [-0.4, -0.2) is 36.3 Å². The summed E-state index contributed by atoms with van der Waals surface area (Å²) in [5.74, 6) is 0.389. The van der Waals surface area contributed by atoms with Gasteiger partial charge in [-0.15, -0.1) is 11.3 Å². The van der Waals surface area contributed by atoms with E-state index in [1.54, 1.807) is 0 Å². The summed E-state index contributed by atoms with van der Waals surface area (Å²) >= 11 is 1.85. The van der Waals surface area contributed by atoms with Crippen LogP contribution < -0.4 is 0 Å². The first-order valence-electron chi connectivity index (χ1n) is 9.61. The average Bonchev–Trinajstić information content (AvgIpc) is 3.29. The number of rotatable bonds is 4. The van der Waals surface area contributed by atoms with E-state index in [0.29, 0.717) is 5.91 Å². The average molecular weight is 369 g/mol. The van der Waals surface area contributed by atoms with Crippen molar-refractivity contribution in [3.63, 3.8) is 0 Å². The predicted octanol–water partition coefficient (Wildman–Crippen LogP) is 4.50. The number of benzene rings is 1. The highest BCUT2D eigenvalue weighted by Gasteiger charge is 2.52. The van der Waals surface area contributed by atoms with Gasteiger partial charge in [0.25, 0.3) is 0 Å². The molecule has 2 aliphatic rings. The van der Waals surface area contributed by atoms with Gasteiger partial charge in [0.2, 0.25) is 5.91 Å². The zero-order valence-electron chi connectivity index (χ0n) is 15.8. The normalized spacial score (nSPS) is 29.0. The fourth-order valence-corrected chi connectivity index (χ4v) is 5.98. The Bertz CT molecular complexity index is 746. The molecule has 0 N–H and O–H groups in total. The van der Waals surface area contributed by atoms with Gasteiger partial charge in [0.15, 0.2) is 0 Å². The Kier molecular flexibility index (Phi) is 4.66. The highest BCUT2D eigenvalue weighted by Crippen LogP contribution is 2.53. The minimum absolute atomic E-state index is 0.104. The minimum Gasteiger partial charge on any atom is -0.338 e. The maximum atomic E-state index is 13.3. The SMILES string of the molecule is CN(C)C1(c2cccs2)CCC2(CCN(Cc3ccccc3)C2=O)CC1. The van der Waals surface area contributed by atoms with Crippen molar-refractivity contribution in [3.8, 4) is 0 Å². The van der Waals surface area contributed by atoms with Gasteiger partial charge in [-0.25, -0.2) is 0 Å². The Morgan fingerprint density at radius 1 is 1.00 bits per heavy atom. The highest BCUT2D eigenvalue weighted by molar-refractivity contribution is 7.10. The molecule has 3 nitrogen and oxygen atoms in total.